The molecule has 0 radical (unpaired) electrons. The molecular formula is C12H10Cl2FN3. The number of anilines is 2. The van der Waals surface area contributed by atoms with Crippen LogP contribution in [-0.2, 0) is 0 Å². The zero-order valence-corrected chi connectivity index (χ0v) is 11.3. The van der Waals surface area contributed by atoms with Crippen LogP contribution >= 0.6 is 23.2 Å². The molecule has 1 aromatic heterocycles. The maximum atomic E-state index is 13.2. The van der Waals surface area contributed by atoms with E-state index in [1.807, 2.05) is 0 Å². The van der Waals surface area contributed by atoms with Crippen molar-refractivity contribution in [2.24, 2.45) is 0 Å². The lowest BCUT2D eigenvalue weighted by Gasteiger charge is -2.10. The number of rotatable bonds is 2. The summed E-state index contributed by atoms with van der Waals surface area (Å²) in [6.45, 7) is 3.51. The number of hydrogen-bond donors (Lipinski definition) is 1. The maximum Gasteiger partial charge on any atom is 0.138 e. The zero-order valence-electron chi connectivity index (χ0n) is 9.76. The van der Waals surface area contributed by atoms with Crippen LogP contribution in [-0.4, -0.2) is 9.97 Å². The monoisotopic (exact) mass is 285 g/mol. The minimum Gasteiger partial charge on any atom is -0.340 e. The Kier molecular flexibility index (Phi) is 3.68. The van der Waals surface area contributed by atoms with E-state index in [4.69, 9.17) is 23.2 Å². The number of aryl methyl sites for hydroxylation is 1. The van der Waals surface area contributed by atoms with E-state index < -0.39 is 5.82 Å². The van der Waals surface area contributed by atoms with Crippen molar-refractivity contribution in [2.45, 2.75) is 13.8 Å². The zero-order chi connectivity index (χ0) is 13.3. The van der Waals surface area contributed by atoms with Gasteiger partial charge in [0.1, 0.15) is 22.6 Å². The van der Waals surface area contributed by atoms with E-state index in [0.717, 1.165) is 0 Å². The van der Waals surface area contributed by atoms with Crippen LogP contribution < -0.4 is 5.32 Å². The molecule has 1 N–H and O–H groups in total. The van der Waals surface area contributed by atoms with Gasteiger partial charge in [0.05, 0.1) is 0 Å². The first-order valence-corrected chi connectivity index (χ1v) is 5.95. The molecular weight excluding hydrogens is 276 g/mol. The molecule has 2 aromatic rings. The van der Waals surface area contributed by atoms with Gasteiger partial charge in [0.2, 0.25) is 0 Å². The first-order chi connectivity index (χ1) is 8.45. The van der Waals surface area contributed by atoms with Gasteiger partial charge in [-0.25, -0.2) is 14.4 Å². The normalized spacial score (nSPS) is 10.5. The number of nitrogens with zero attached hydrogens (tertiary/aromatic N) is 2. The van der Waals surface area contributed by atoms with Crippen LogP contribution in [0.1, 0.15) is 11.4 Å². The Morgan fingerprint density at radius 3 is 2.50 bits per heavy atom. The number of hydrogen-bond acceptors (Lipinski definition) is 3. The third kappa shape index (κ3) is 2.89. The predicted molar refractivity (Wildman–Crippen MR) is 71.2 cm³/mol. The van der Waals surface area contributed by atoms with E-state index in [0.29, 0.717) is 33.1 Å². The molecule has 3 nitrogen and oxygen atoms in total. The minimum absolute atomic E-state index is 0.312. The number of benzene rings is 1. The molecule has 0 aliphatic heterocycles. The van der Waals surface area contributed by atoms with Gasteiger partial charge in [-0.3, -0.25) is 0 Å². The van der Waals surface area contributed by atoms with Crippen LogP contribution in [0, 0.1) is 19.7 Å². The van der Waals surface area contributed by atoms with E-state index in [1.54, 1.807) is 19.9 Å². The molecule has 0 bridgehead atoms. The van der Waals surface area contributed by atoms with Gasteiger partial charge < -0.3 is 5.32 Å². The van der Waals surface area contributed by atoms with Gasteiger partial charge in [-0.1, -0.05) is 23.2 Å². The van der Waals surface area contributed by atoms with Crippen LogP contribution in [0.5, 0.6) is 0 Å². The number of nitrogens with one attached hydrogen (secondary N) is 1. The molecule has 1 heterocycles. The molecule has 2 rings (SSSR count). The molecule has 6 heteroatoms. The Labute approximate surface area is 114 Å². The van der Waals surface area contributed by atoms with Crippen molar-refractivity contribution < 1.29 is 4.39 Å². The summed E-state index contributed by atoms with van der Waals surface area (Å²) in [4.78, 5) is 8.24. The van der Waals surface area contributed by atoms with E-state index in [9.17, 15) is 4.39 Å². The largest absolute Gasteiger partial charge is 0.340 e. The minimum atomic E-state index is -0.417. The van der Waals surface area contributed by atoms with Crippen molar-refractivity contribution in [1.29, 1.82) is 0 Å². The lowest BCUT2D eigenvalue weighted by Crippen LogP contribution is -2.01. The van der Waals surface area contributed by atoms with Crippen molar-refractivity contribution in [2.75, 3.05) is 5.32 Å². The highest BCUT2D eigenvalue weighted by atomic mass is 35.5. The second-order valence-electron chi connectivity index (χ2n) is 3.82. The van der Waals surface area contributed by atoms with Gasteiger partial charge >= 0.3 is 0 Å². The standard InChI is InChI=1S/C12H10Cl2FN3/c1-6-11(14)16-7(2)17-12(6)18-10-4-8(13)3-9(15)5-10/h3-5H,1-2H3,(H,16,17,18). The fraction of sp³-hybridized carbons (Fsp3) is 0.167. The maximum absolute atomic E-state index is 13.2. The Morgan fingerprint density at radius 2 is 1.83 bits per heavy atom. The quantitative estimate of drug-likeness (QED) is 0.837. The van der Waals surface area contributed by atoms with Gasteiger partial charge in [0, 0.05) is 16.3 Å². The topological polar surface area (TPSA) is 37.8 Å². The third-order valence-electron chi connectivity index (χ3n) is 2.32. The first-order valence-electron chi connectivity index (χ1n) is 5.19. The van der Waals surface area contributed by atoms with Crippen molar-refractivity contribution >= 4 is 34.7 Å². The van der Waals surface area contributed by atoms with Crippen LogP contribution in [0.4, 0.5) is 15.9 Å². The summed E-state index contributed by atoms with van der Waals surface area (Å²) in [6.07, 6.45) is 0. The summed E-state index contributed by atoms with van der Waals surface area (Å²) in [5.74, 6) is 0.657. The molecule has 1 aromatic carbocycles. The van der Waals surface area contributed by atoms with Gasteiger partial charge in [-0.05, 0) is 32.0 Å². The van der Waals surface area contributed by atoms with Crippen LogP contribution in [0.15, 0.2) is 18.2 Å². The molecule has 0 amide bonds. The van der Waals surface area contributed by atoms with E-state index in [2.05, 4.69) is 15.3 Å². The van der Waals surface area contributed by atoms with Crippen LogP contribution in [0.3, 0.4) is 0 Å². The smallest absolute Gasteiger partial charge is 0.138 e. The van der Waals surface area contributed by atoms with Gasteiger partial charge in [-0.15, -0.1) is 0 Å². The molecule has 0 saturated heterocycles. The van der Waals surface area contributed by atoms with Gasteiger partial charge in [0.25, 0.3) is 0 Å². The third-order valence-corrected chi connectivity index (χ3v) is 2.91. The van der Waals surface area contributed by atoms with Gasteiger partial charge in [-0.2, -0.15) is 0 Å². The lowest BCUT2D eigenvalue weighted by molar-refractivity contribution is 0.628. The van der Waals surface area contributed by atoms with Gasteiger partial charge in [0.15, 0.2) is 0 Å². The molecule has 18 heavy (non-hydrogen) atoms. The highest BCUT2D eigenvalue weighted by Crippen LogP contribution is 2.25. The average molecular weight is 286 g/mol. The van der Waals surface area contributed by atoms with Crippen molar-refractivity contribution in [1.82, 2.24) is 9.97 Å². The van der Waals surface area contributed by atoms with E-state index in [-0.39, 0.29) is 0 Å². The molecule has 0 fully saturated rings. The van der Waals surface area contributed by atoms with E-state index >= 15 is 0 Å². The molecule has 0 spiro atoms. The fourth-order valence-electron chi connectivity index (χ4n) is 1.48. The molecule has 0 saturated carbocycles. The SMILES string of the molecule is Cc1nc(Cl)c(C)c(Nc2cc(F)cc(Cl)c2)n1. The summed E-state index contributed by atoms with van der Waals surface area (Å²) in [6, 6.07) is 4.17. The highest BCUT2D eigenvalue weighted by molar-refractivity contribution is 6.31. The highest BCUT2D eigenvalue weighted by Gasteiger charge is 2.08. The van der Waals surface area contributed by atoms with Crippen LogP contribution in [0.2, 0.25) is 10.2 Å². The molecule has 0 unspecified atom stereocenters. The summed E-state index contributed by atoms with van der Waals surface area (Å²) in [7, 11) is 0. The number of aromatic nitrogens is 2. The first kappa shape index (κ1) is 13.1. The molecule has 94 valence electrons. The average Bonchev–Trinajstić information content (AvgIpc) is 2.23. The molecule has 0 aliphatic carbocycles. The second-order valence-corrected chi connectivity index (χ2v) is 4.61. The summed E-state index contributed by atoms with van der Waals surface area (Å²) in [5.41, 5.74) is 1.21. The Bertz CT molecular complexity index is 582. The van der Waals surface area contributed by atoms with Crippen LogP contribution in [0.25, 0.3) is 0 Å². The Balaban J connectivity index is 2.39. The summed E-state index contributed by atoms with van der Waals surface area (Å²) in [5, 5.41) is 3.66. The number of halogens is 3. The van der Waals surface area contributed by atoms with Crippen molar-refractivity contribution in [3.63, 3.8) is 0 Å². The lowest BCUT2D eigenvalue weighted by atomic mass is 10.3. The van der Waals surface area contributed by atoms with Crippen molar-refractivity contribution in [3.05, 3.63) is 45.6 Å². The summed E-state index contributed by atoms with van der Waals surface area (Å²) < 4.78 is 13.2. The predicted octanol–water partition coefficient (Wildman–Crippen LogP) is 4.28. The van der Waals surface area contributed by atoms with Crippen molar-refractivity contribution in [3.8, 4) is 0 Å². The Hall–Kier alpha value is -1.39. The Morgan fingerprint density at radius 1 is 1.11 bits per heavy atom. The fourth-order valence-corrected chi connectivity index (χ4v) is 1.91. The summed E-state index contributed by atoms with van der Waals surface area (Å²) >= 11 is 11.7. The van der Waals surface area contributed by atoms with E-state index in [1.165, 1.54) is 12.1 Å². The molecule has 0 atom stereocenters. The molecule has 0 aliphatic rings. The second kappa shape index (κ2) is 5.08.